The van der Waals surface area contributed by atoms with Crippen molar-refractivity contribution in [3.8, 4) is 11.5 Å². The van der Waals surface area contributed by atoms with Crippen LogP contribution in [0.5, 0.6) is 11.5 Å². The number of rotatable bonds is 7. The van der Waals surface area contributed by atoms with Crippen LogP contribution >= 0.6 is 11.3 Å². The summed E-state index contributed by atoms with van der Waals surface area (Å²) in [5.74, 6) is 0.0406. The highest BCUT2D eigenvalue weighted by Crippen LogP contribution is 2.24. The fourth-order valence-electron chi connectivity index (χ4n) is 2.16. The molecule has 0 saturated carbocycles. The molecular weight excluding hydrogens is 370 g/mol. The first-order valence-corrected chi connectivity index (χ1v) is 8.67. The molecule has 0 N–H and O–H groups in total. The lowest BCUT2D eigenvalue weighted by Gasteiger charge is -2.07. The van der Waals surface area contributed by atoms with E-state index in [9.17, 15) is 19.7 Å². The van der Waals surface area contributed by atoms with E-state index in [0.29, 0.717) is 21.9 Å². The highest BCUT2D eigenvalue weighted by molar-refractivity contribution is 7.11. The van der Waals surface area contributed by atoms with E-state index in [-0.39, 0.29) is 18.1 Å². The third kappa shape index (κ3) is 4.77. The number of hydrogen-bond acceptors (Lipinski definition) is 7. The molecular formula is C19H13NO6S. The summed E-state index contributed by atoms with van der Waals surface area (Å²) < 4.78 is 10.6. The average molecular weight is 383 g/mol. The zero-order chi connectivity index (χ0) is 19.2. The number of ketones is 1. The van der Waals surface area contributed by atoms with Crippen LogP contribution in [-0.4, -0.2) is 23.3 Å². The van der Waals surface area contributed by atoms with Crippen molar-refractivity contribution in [2.45, 2.75) is 0 Å². The minimum atomic E-state index is -0.531. The van der Waals surface area contributed by atoms with Gasteiger partial charge in [0.1, 0.15) is 16.4 Å². The Kier molecular flexibility index (Phi) is 5.58. The van der Waals surface area contributed by atoms with Gasteiger partial charge < -0.3 is 9.47 Å². The van der Waals surface area contributed by atoms with Gasteiger partial charge in [0.05, 0.1) is 4.92 Å². The minimum absolute atomic E-state index is 0.0274. The van der Waals surface area contributed by atoms with Gasteiger partial charge in [-0.3, -0.25) is 14.9 Å². The van der Waals surface area contributed by atoms with E-state index in [1.165, 1.54) is 35.6 Å². The van der Waals surface area contributed by atoms with Crippen LogP contribution in [0.15, 0.2) is 66.0 Å². The number of nitrogens with zero attached hydrogens (tertiary/aromatic N) is 1. The molecule has 8 heteroatoms. The predicted molar refractivity (Wildman–Crippen MR) is 98.5 cm³/mol. The summed E-state index contributed by atoms with van der Waals surface area (Å²) in [7, 11) is 0. The van der Waals surface area contributed by atoms with E-state index in [0.717, 1.165) is 0 Å². The van der Waals surface area contributed by atoms with Gasteiger partial charge in [-0.1, -0.05) is 6.07 Å². The minimum Gasteiger partial charge on any atom is -0.457 e. The largest absolute Gasteiger partial charge is 0.457 e. The number of non-ortho nitro benzene ring substituents is 1. The highest BCUT2D eigenvalue weighted by Gasteiger charge is 2.13. The Morgan fingerprint density at radius 3 is 2.15 bits per heavy atom. The number of carbonyl (C=O) groups is 2. The third-order valence-corrected chi connectivity index (χ3v) is 4.37. The summed E-state index contributed by atoms with van der Waals surface area (Å²) in [6.07, 6.45) is 0. The Bertz CT molecular complexity index is 949. The van der Waals surface area contributed by atoms with Crippen LogP contribution in [0.25, 0.3) is 0 Å². The molecule has 3 rings (SSSR count). The predicted octanol–water partition coefficient (Wildman–Crippen LogP) is 4.49. The standard InChI is InChI=1S/C19H13NO6S/c21-17(12-25-19(22)18-2-1-11-27-18)13-3-7-15(8-4-13)26-16-9-5-14(6-10-16)20(23)24/h1-11H,12H2. The molecule has 0 saturated heterocycles. The molecule has 3 aromatic rings. The maximum absolute atomic E-state index is 12.1. The number of thiophene rings is 1. The fraction of sp³-hybridized carbons (Fsp3) is 0.0526. The van der Waals surface area contributed by atoms with Crippen LogP contribution in [0.3, 0.4) is 0 Å². The van der Waals surface area contributed by atoms with Crippen molar-refractivity contribution < 1.29 is 24.0 Å². The smallest absolute Gasteiger partial charge is 0.348 e. The summed E-state index contributed by atoms with van der Waals surface area (Å²) >= 11 is 1.24. The maximum atomic E-state index is 12.1. The zero-order valence-electron chi connectivity index (χ0n) is 13.9. The molecule has 7 nitrogen and oxygen atoms in total. The van der Waals surface area contributed by atoms with Gasteiger partial charge in [-0.2, -0.15) is 0 Å². The van der Waals surface area contributed by atoms with Crippen LogP contribution in [0, 0.1) is 10.1 Å². The summed E-state index contributed by atoms with van der Waals surface area (Å²) in [4.78, 5) is 34.4. The maximum Gasteiger partial charge on any atom is 0.348 e. The Morgan fingerprint density at radius 2 is 1.59 bits per heavy atom. The normalized spacial score (nSPS) is 10.2. The van der Waals surface area contributed by atoms with Crippen molar-refractivity contribution in [1.29, 1.82) is 0 Å². The highest BCUT2D eigenvalue weighted by atomic mass is 32.1. The summed E-state index contributed by atoms with van der Waals surface area (Å²) in [5, 5.41) is 12.4. The van der Waals surface area contributed by atoms with Crippen LogP contribution in [0.4, 0.5) is 5.69 Å². The van der Waals surface area contributed by atoms with E-state index in [2.05, 4.69) is 0 Å². The van der Waals surface area contributed by atoms with Crippen molar-refractivity contribution in [1.82, 2.24) is 0 Å². The second-order valence-corrected chi connectivity index (χ2v) is 6.30. The number of benzene rings is 2. The van der Waals surface area contributed by atoms with E-state index >= 15 is 0 Å². The van der Waals surface area contributed by atoms with E-state index in [4.69, 9.17) is 9.47 Å². The number of hydrogen-bond donors (Lipinski definition) is 0. The van der Waals surface area contributed by atoms with Gasteiger partial charge in [-0.15, -0.1) is 11.3 Å². The van der Waals surface area contributed by atoms with Gasteiger partial charge in [0.15, 0.2) is 12.4 Å². The molecule has 2 aromatic carbocycles. The molecule has 0 unspecified atom stereocenters. The Balaban J connectivity index is 1.57. The Hall–Kier alpha value is -3.52. The second kappa shape index (κ2) is 8.24. The average Bonchev–Trinajstić information content (AvgIpc) is 3.22. The van der Waals surface area contributed by atoms with Crippen LogP contribution in [0.2, 0.25) is 0 Å². The van der Waals surface area contributed by atoms with E-state index < -0.39 is 10.9 Å². The first-order chi connectivity index (χ1) is 13.0. The van der Waals surface area contributed by atoms with Gasteiger partial charge in [-0.05, 0) is 47.8 Å². The summed E-state index contributed by atoms with van der Waals surface area (Å²) in [5.41, 5.74) is 0.352. The number of esters is 1. The molecule has 0 spiro atoms. The Labute approximate surface area is 157 Å². The van der Waals surface area contributed by atoms with Crippen molar-refractivity contribution in [2.75, 3.05) is 6.61 Å². The van der Waals surface area contributed by atoms with Gasteiger partial charge in [0.25, 0.3) is 5.69 Å². The lowest BCUT2D eigenvalue weighted by atomic mass is 10.1. The second-order valence-electron chi connectivity index (χ2n) is 5.35. The van der Waals surface area contributed by atoms with Crippen molar-refractivity contribution >= 4 is 28.8 Å². The molecule has 1 heterocycles. The van der Waals surface area contributed by atoms with Gasteiger partial charge in [0, 0.05) is 17.7 Å². The molecule has 0 atom stereocenters. The molecule has 0 aliphatic carbocycles. The molecule has 0 radical (unpaired) electrons. The molecule has 27 heavy (non-hydrogen) atoms. The number of nitro benzene ring substituents is 1. The monoisotopic (exact) mass is 383 g/mol. The SMILES string of the molecule is O=C(COC(=O)c1cccs1)c1ccc(Oc2ccc([N+](=O)[O-])cc2)cc1. The molecule has 0 bridgehead atoms. The van der Waals surface area contributed by atoms with Gasteiger partial charge >= 0.3 is 5.97 Å². The molecule has 136 valence electrons. The molecule has 0 amide bonds. The first kappa shape index (κ1) is 18.3. The molecule has 0 aliphatic rings. The number of nitro groups is 1. The lowest BCUT2D eigenvalue weighted by Crippen LogP contribution is -2.13. The topological polar surface area (TPSA) is 95.7 Å². The summed E-state index contributed by atoms with van der Waals surface area (Å²) in [6, 6.07) is 15.3. The zero-order valence-corrected chi connectivity index (χ0v) is 14.7. The first-order valence-electron chi connectivity index (χ1n) is 7.79. The lowest BCUT2D eigenvalue weighted by molar-refractivity contribution is -0.384. The molecule has 1 aromatic heterocycles. The van der Waals surface area contributed by atoms with Crippen molar-refractivity contribution in [3.05, 3.63) is 86.6 Å². The van der Waals surface area contributed by atoms with Crippen LogP contribution in [-0.2, 0) is 4.74 Å². The fourth-order valence-corrected chi connectivity index (χ4v) is 2.78. The third-order valence-electron chi connectivity index (χ3n) is 3.52. The van der Waals surface area contributed by atoms with E-state index in [1.807, 2.05) is 0 Å². The quantitative estimate of drug-likeness (QED) is 0.258. The van der Waals surface area contributed by atoms with Crippen LogP contribution < -0.4 is 4.74 Å². The van der Waals surface area contributed by atoms with Gasteiger partial charge in [-0.25, -0.2) is 4.79 Å². The van der Waals surface area contributed by atoms with Crippen molar-refractivity contribution in [2.24, 2.45) is 0 Å². The van der Waals surface area contributed by atoms with Gasteiger partial charge in [0.2, 0.25) is 0 Å². The molecule has 0 aliphatic heterocycles. The number of carbonyl (C=O) groups excluding carboxylic acids is 2. The van der Waals surface area contributed by atoms with Crippen LogP contribution in [0.1, 0.15) is 20.0 Å². The van der Waals surface area contributed by atoms with E-state index in [1.54, 1.807) is 41.8 Å². The summed E-state index contributed by atoms with van der Waals surface area (Å²) in [6.45, 7) is -0.348. The Morgan fingerprint density at radius 1 is 0.963 bits per heavy atom. The molecule has 0 fully saturated rings. The van der Waals surface area contributed by atoms with Crippen molar-refractivity contribution in [3.63, 3.8) is 0 Å². The number of Topliss-reactive ketones (excluding diaryl/α,β-unsaturated/α-hetero) is 1. The number of ether oxygens (including phenoxy) is 2.